The van der Waals surface area contributed by atoms with Gasteiger partial charge in [-0.3, -0.25) is 4.79 Å². The zero-order valence-electron chi connectivity index (χ0n) is 9.16. The van der Waals surface area contributed by atoms with Crippen LogP contribution >= 0.6 is 0 Å². The third-order valence-corrected chi connectivity index (χ3v) is 2.50. The number of rotatable bonds is 3. The number of ether oxygens (including phenoxy) is 1. The van der Waals surface area contributed by atoms with Crippen molar-refractivity contribution in [2.45, 2.75) is 32.2 Å². The first-order valence-electron chi connectivity index (χ1n) is 5.20. The molecule has 0 aromatic carbocycles. The van der Waals surface area contributed by atoms with E-state index < -0.39 is 12.0 Å². The maximum absolute atomic E-state index is 11.7. The molecule has 0 spiro atoms. The molecule has 1 rings (SSSR count). The molecule has 4 nitrogen and oxygen atoms in total. The number of methoxy groups -OCH3 is 1. The van der Waals surface area contributed by atoms with E-state index in [1.54, 1.807) is 6.92 Å². The van der Waals surface area contributed by atoms with E-state index in [0.717, 1.165) is 19.3 Å². The van der Waals surface area contributed by atoms with Crippen LogP contribution in [0.2, 0.25) is 0 Å². The third kappa shape index (κ3) is 3.38. The summed E-state index contributed by atoms with van der Waals surface area (Å²) >= 11 is 0. The van der Waals surface area contributed by atoms with Crippen molar-refractivity contribution in [2.75, 3.05) is 7.11 Å². The molecule has 84 valence electrons. The zero-order valence-corrected chi connectivity index (χ0v) is 9.16. The highest BCUT2D eigenvalue weighted by Gasteiger charge is 2.21. The van der Waals surface area contributed by atoms with Crippen LogP contribution in [0.1, 0.15) is 26.2 Å². The Morgan fingerprint density at radius 2 is 2.27 bits per heavy atom. The second kappa shape index (κ2) is 5.53. The van der Waals surface area contributed by atoms with Crippen molar-refractivity contribution in [3.63, 3.8) is 0 Å². The molecule has 1 N–H and O–H groups in total. The first-order chi connectivity index (χ1) is 7.15. The normalized spacial score (nSPS) is 21.9. The minimum atomic E-state index is -0.571. The predicted octanol–water partition coefficient (Wildman–Crippen LogP) is 1.02. The molecular formula is C11H17NO3. The summed E-state index contributed by atoms with van der Waals surface area (Å²) in [7, 11) is 1.31. The van der Waals surface area contributed by atoms with E-state index in [1.165, 1.54) is 7.11 Å². The topological polar surface area (TPSA) is 55.4 Å². The molecule has 1 unspecified atom stereocenters. The van der Waals surface area contributed by atoms with Crippen LogP contribution in [0.3, 0.4) is 0 Å². The van der Waals surface area contributed by atoms with E-state index in [1.807, 2.05) is 12.2 Å². The smallest absolute Gasteiger partial charge is 0.328 e. The number of esters is 1. The molecule has 1 amide bonds. The molecule has 1 aliphatic rings. The van der Waals surface area contributed by atoms with Crippen LogP contribution in [0.15, 0.2) is 12.2 Å². The van der Waals surface area contributed by atoms with Crippen LogP contribution in [0.4, 0.5) is 0 Å². The van der Waals surface area contributed by atoms with Crippen molar-refractivity contribution in [1.82, 2.24) is 5.32 Å². The molecule has 2 atom stereocenters. The van der Waals surface area contributed by atoms with Crippen LogP contribution in [-0.2, 0) is 14.3 Å². The van der Waals surface area contributed by atoms with E-state index in [-0.39, 0.29) is 11.8 Å². The molecule has 0 aromatic heterocycles. The first-order valence-corrected chi connectivity index (χ1v) is 5.20. The van der Waals surface area contributed by atoms with Gasteiger partial charge in [-0.15, -0.1) is 0 Å². The predicted molar refractivity (Wildman–Crippen MR) is 56.1 cm³/mol. The number of amides is 1. The number of allylic oxidation sites excluding steroid dienone is 1. The van der Waals surface area contributed by atoms with E-state index >= 15 is 0 Å². The lowest BCUT2D eigenvalue weighted by Gasteiger charge is -2.18. The van der Waals surface area contributed by atoms with Gasteiger partial charge in [0.2, 0.25) is 5.91 Å². The summed E-state index contributed by atoms with van der Waals surface area (Å²) in [4.78, 5) is 22.7. The van der Waals surface area contributed by atoms with Gasteiger partial charge >= 0.3 is 5.97 Å². The monoisotopic (exact) mass is 211 g/mol. The highest BCUT2D eigenvalue weighted by atomic mass is 16.5. The van der Waals surface area contributed by atoms with Crippen molar-refractivity contribution in [3.8, 4) is 0 Å². The van der Waals surface area contributed by atoms with Gasteiger partial charge in [0.25, 0.3) is 0 Å². The highest BCUT2D eigenvalue weighted by Crippen LogP contribution is 2.16. The number of hydrogen-bond acceptors (Lipinski definition) is 3. The van der Waals surface area contributed by atoms with Gasteiger partial charge in [-0.2, -0.15) is 0 Å². The minimum absolute atomic E-state index is 0.0918. The Morgan fingerprint density at radius 1 is 1.53 bits per heavy atom. The van der Waals surface area contributed by atoms with Gasteiger partial charge in [-0.1, -0.05) is 12.2 Å². The Balaban J connectivity index is 2.44. The summed E-state index contributed by atoms with van der Waals surface area (Å²) in [5.41, 5.74) is 0. The molecule has 4 heteroatoms. The van der Waals surface area contributed by atoms with Crippen LogP contribution in [0, 0.1) is 5.92 Å². The average Bonchev–Trinajstić information content (AvgIpc) is 2.29. The number of carbonyl (C=O) groups is 2. The summed E-state index contributed by atoms with van der Waals surface area (Å²) in [6.45, 7) is 1.62. The van der Waals surface area contributed by atoms with Crippen LogP contribution in [-0.4, -0.2) is 25.0 Å². The van der Waals surface area contributed by atoms with Gasteiger partial charge in [0, 0.05) is 0 Å². The summed E-state index contributed by atoms with van der Waals surface area (Å²) < 4.78 is 4.53. The second-order valence-electron chi connectivity index (χ2n) is 3.72. The van der Waals surface area contributed by atoms with Crippen molar-refractivity contribution in [1.29, 1.82) is 0 Å². The van der Waals surface area contributed by atoms with Crippen molar-refractivity contribution in [3.05, 3.63) is 12.2 Å². The van der Waals surface area contributed by atoms with E-state index in [2.05, 4.69) is 10.1 Å². The lowest BCUT2D eigenvalue weighted by Crippen LogP contribution is -2.42. The molecule has 15 heavy (non-hydrogen) atoms. The number of carbonyl (C=O) groups excluding carboxylic acids is 2. The van der Waals surface area contributed by atoms with Crippen molar-refractivity contribution >= 4 is 11.9 Å². The lowest BCUT2D eigenvalue weighted by molar-refractivity contribution is -0.144. The second-order valence-corrected chi connectivity index (χ2v) is 3.72. The Bertz CT molecular complexity index is 273. The number of nitrogens with one attached hydrogen (secondary N) is 1. The highest BCUT2D eigenvalue weighted by molar-refractivity contribution is 5.86. The van der Waals surface area contributed by atoms with Crippen LogP contribution in [0.25, 0.3) is 0 Å². The summed E-state index contributed by atoms with van der Waals surface area (Å²) in [6.07, 6.45) is 6.84. The third-order valence-electron chi connectivity index (χ3n) is 2.50. The maximum Gasteiger partial charge on any atom is 0.328 e. The van der Waals surface area contributed by atoms with Gasteiger partial charge in [-0.25, -0.2) is 4.79 Å². The SMILES string of the molecule is COC(=O)[C@H](C)NC(=O)C1C=CCCC1. The van der Waals surface area contributed by atoms with Crippen LogP contribution < -0.4 is 5.32 Å². The van der Waals surface area contributed by atoms with Crippen LogP contribution in [0.5, 0.6) is 0 Å². The molecule has 0 aromatic rings. The van der Waals surface area contributed by atoms with Crippen molar-refractivity contribution in [2.24, 2.45) is 5.92 Å². The standard InChI is InChI=1S/C11H17NO3/c1-8(11(14)15-2)12-10(13)9-6-4-3-5-7-9/h4,6,8-9H,3,5,7H2,1-2H3,(H,12,13)/t8-,9?/m0/s1. The molecule has 0 bridgehead atoms. The lowest BCUT2D eigenvalue weighted by atomic mass is 9.95. The quantitative estimate of drug-likeness (QED) is 0.560. The molecular weight excluding hydrogens is 194 g/mol. The Morgan fingerprint density at radius 3 is 2.80 bits per heavy atom. The fourth-order valence-electron chi connectivity index (χ4n) is 1.59. The maximum atomic E-state index is 11.7. The molecule has 0 fully saturated rings. The average molecular weight is 211 g/mol. The van der Waals surface area contributed by atoms with E-state index in [9.17, 15) is 9.59 Å². The molecule has 0 saturated carbocycles. The summed E-state index contributed by atoms with van der Waals surface area (Å²) in [5, 5.41) is 2.64. The Hall–Kier alpha value is -1.32. The molecule has 0 saturated heterocycles. The first kappa shape index (κ1) is 11.8. The fourth-order valence-corrected chi connectivity index (χ4v) is 1.59. The Kier molecular flexibility index (Phi) is 4.34. The van der Waals surface area contributed by atoms with E-state index in [0.29, 0.717) is 0 Å². The molecule has 0 heterocycles. The van der Waals surface area contributed by atoms with Gasteiger partial charge in [-0.05, 0) is 26.2 Å². The molecule has 0 aliphatic heterocycles. The van der Waals surface area contributed by atoms with Gasteiger partial charge in [0.15, 0.2) is 0 Å². The zero-order chi connectivity index (χ0) is 11.3. The fraction of sp³-hybridized carbons (Fsp3) is 0.636. The van der Waals surface area contributed by atoms with Crippen molar-refractivity contribution < 1.29 is 14.3 Å². The summed E-state index contributed by atoms with van der Waals surface area (Å²) in [5.74, 6) is -0.599. The largest absolute Gasteiger partial charge is 0.467 e. The van der Waals surface area contributed by atoms with Gasteiger partial charge in [0.1, 0.15) is 6.04 Å². The summed E-state index contributed by atoms with van der Waals surface area (Å²) in [6, 6.07) is -0.571. The number of hydrogen-bond donors (Lipinski definition) is 1. The minimum Gasteiger partial charge on any atom is -0.467 e. The molecule has 1 aliphatic carbocycles. The molecule has 0 radical (unpaired) electrons. The van der Waals surface area contributed by atoms with Gasteiger partial charge in [0.05, 0.1) is 13.0 Å². The van der Waals surface area contributed by atoms with E-state index in [4.69, 9.17) is 0 Å². The van der Waals surface area contributed by atoms with Gasteiger partial charge < -0.3 is 10.1 Å². The Labute approximate surface area is 89.7 Å².